The number of aliphatic carboxylic acids is 1. The molecule has 0 saturated carbocycles. The highest BCUT2D eigenvalue weighted by Gasteiger charge is 2.20. The van der Waals surface area contributed by atoms with Crippen molar-refractivity contribution in [3.63, 3.8) is 0 Å². The topological polar surface area (TPSA) is 79.7 Å². The average Bonchev–Trinajstić information content (AvgIpc) is 3.04. The van der Waals surface area contributed by atoms with E-state index < -0.39 is 11.9 Å². The molecule has 0 radical (unpaired) electrons. The van der Waals surface area contributed by atoms with Crippen molar-refractivity contribution in [2.24, 2.45) is 5.92 Å². The Kier molecular flexibility index (Phi) is 6.14. The number of aromatic nitrogens is 1. The van der Waals surface area contributed by atoms with Crippen molar-refractivity contribution < 1.29 is 19.4 Å². The zero-order chi connectivity index (χ0) is 18.6. The predicted molar refractivity (Wildman–Crippen MR) is 97.1 cm³/mol. The molecule has 1 unspecified atom stereocenters. The van der Waals surface area contributed by atoms with Crippen molar-refractivity contribution in [2.45, 2.75) is 26.9 Å². The van der Waals surface area contributed by atoms with Crippen LogP contribution < -0.4 is 4.74 Å². The maximum Gasteiger partial charge on any atom is 0.308 e. The third-order valence-corrected chi connectivity index (χ3v) is 4.40. The van der Waals surface area contributed by atoms with E-state index in [0.717, 1.165) is 16.3 Å². The van der Waals surface area contributed by atoms with Gasteiger partial charge in [-0.3, -0.25) is 9.59 Å². The van der Waals surface area contributed by atoms with E-state index in [4.69, 9.17) is 9.84 Å². The van der Waals surface area contributed by atoms with Gasteiger partial charge in [-0.2, -0.15) is 0 Å². The largest absolute Gasteiger partial charge is 0.491 e. The summed E-state index contributed by atoms with van der Waals surface area (Å²) in [4.78, 5) is 29.1. The number of rotatable bonds is 7. The fraction of sp³-hybridized carbons (Fsp3) is 0.389. The maximum atomic E-state index is 12.4. The molecule has 7 heteroatoms. The van der Waals surface area contributed by atoms with Gasteiger partial charge in [-0.1, -0.05) is 6.92 Å². The van der Waals surface area contributed by atoms with Crippen LogP contribution in [0.25, 0.3) is 10.6 Å². The van der Waals surface area contributed by atoms with Crippen molar-refractivity contribution in [3.8, 4) is 16.3 Å². The Morgan fingerprint density at radius 2 is 1.88 bits per heavy atom. The van der Waals surface area contributed by atoms with E-state index in [1.807, 2.05) is 38.1 Å². The van der Waals surface area contributed by atoms with Gasteiger partial charge in [-0.25, -0.2) is 4.98 Å². The molecule has 2 rings (SSSR count). The SMILES string of the molecule is CC(C)Oc1ccc(-c2nc(C(=O)N(C)CC(C)C(=O)O)cs2)cc1. The van der Waals surface area contributed by atoms with Crippen LogP contribution in [0.3, 0.4) is 0 Å². The normalized spacial score (nSPS) is 12.0. The third-order valence-electron chi connectivity index (χ3n) is 3.51. The number of carboxylic acids is 1. The number of carbonyl (C=O) groups is 2. The number of benzene rings is 1. The monoisotopic (exact) mass is 362 g/mol. The first-order chi connectivity index (χ1) is 11.8. The molecule has 1 aromatic carbocycles. The first-order valence-electron chi connectivity index (χ1n) is 7.98. The Morgan fingerprint density at radius 1 is 1.24 bits per heavy atom. The van der Waals surface area contributed by atoms with Gasteiger partial charge in [0, 0.05) is 24.5 Å². The highest BCUT2D eigenvalue weighted by atomic mass is 32.1. The van der Waals surface area contributed by atoms with Crippen LogP contribution in [0.15, 0.2) is 29.6 Å². The molecule has 0 spiro atoms. The van der Waals surface area contributed by atoms with Crippen molar-refractivity contribution in [1.29, 1.82) is 0 Å². The fourth-order valence-electron chi connectivity index (χ4n) is 2.22. The van der Waals surface area contributed by atoms with E-state index in [0.29, 0.717) is 5.69 Å². The zero-order valence-corrected chi connectivity index (χ0v) is 15.5. The zero-order valence-electron chi connectivity index (χ0n) is 14.7. The van der Waals surface area contributed by atoms with E-state index in [1.54, 1.807) is 19.4 Å². The maximum absolute atomic E-state index is 12.4. The second-order valence-electron chi connectivity index (χ2n) is 6.15. The highest BCUT2D eigenvalue weighted by Crippen LogP contribution is 2.26. The van der Waals surface area contributed by atoms with Crippen LogP contribution in [0, 0.1) is 5.92 Å². The molecule has 1 heterocycles. The minimum absolute atomic E-state index is 0.110. The quantitative estimate of drug-likeness (QED) is 0.817. The number of ether oxygens (including phenoxy) is 1. The second kappa shape index (κ2) is 8.11. The first kappa shape index (κ1) is 18.9. The fourth-order valence-corrected chi connectivity index (χ4v) is 3.02. The third kappa shape index (κ3) is 5.03. The van der Waals surface area contributed by atoms with E-state index in [9.17, 15) is 9.59 Å². The van der Waals surface area contributed by atoms with Gasteiger partial charge in [0.05, 0.1) is 12.0 Å². The van der Waals surface area contributed by atoms with Crippen LogP contribution >= 0.6 is 11.3 Å². The van der Waals surface area contributed by atoms with Gasteiger partial charge in [-0.15, -0.1) is 11.3 Å². The lowest BCUT2D eigenvalue weighted by atomic mass is 10.2. The number of hydrogen-bond acceptors (Lipinski definition) is 5. The number of amides is 1. The summed E-state index contributed by atoms with van der Waals surface area (Å²) in [5, 5.41) is 11.4. The van der Waals surface area contributed by atoms with Gasteiger partial charge in [0.2, 0.25) is 0 Å². The van der Waals surface area contributed by atoms with E-state index in [-0.39, 0.29) is 18.6 Å². The molecule has 1 amide bonds. The molecular formula is C18H22N2O4S. The highest BCUT2D eigenvalue weighted by molar-refractivity contribution is 7.13. The molecule has 25 heavy (non-hydrogen) atoms. The molecule has 0 fully saturated rings. The second-order valence-corrected chi connectivity index (χ2v) is 7.01. The molecule has 0 aliphatic carbocycles. The standard InChI is InChI=1S/C18H22N2O4S/c1-11(2)24-14-7-5-13(6-8-14)16-19-15(10-25-16)17(21)20(4)9-12(3)18(22)23/h5-8,10-12H,9H2,1-4H3,(H,22,23). The lowest BCUT2D eigenvalue weighted by Gasteiger charge is -2.18. The van der Waals surface area contributed by atoms with Crippen molar-refractivity contribution >= 4 is 23.2 Å². The molecule has 1 atom stereocenters. The van der Waals surface area contributed by atoms with E-state index in [1.165, 1.54) is 16.2 Å². The number of carbonyl (C=O) groups excluding carboxylic acids is 1. The molecule has 1 N–H and O–H groups in total. The Hall–Kier alpha value is -2.41. The van der Waals surface area contributed by atoms with Crippen LogP contribution in [-0.2, 0) is 4.79 Å². The van der Waals surface area contributed by atoms with Crippen molar-refractivity contribution in [2.75, 3.05) is 13.6 Å². The van der Waals surface area contributed by atoms with Crippen molar-refractivity contribution in [1.82, 2.24) is 9.88 Å². The Bertz CT molecular complexity index is 740. The van der Waals surface area contributed by atoms with Gasteiger partial charge in [0.25, 0.3) is 5.91 Å². The molecule has 0 aliphatic heterocycles. The first-order valence-corrected chi connectivity index (χ1v) is 8.86. The molecule has 0 bridgehead atoms. The number of hydrogen-bond donors (Lipinski definition) is 1. The minimum atomic E-state index is -0.928. The van der Waals surface area contributed by atoms with Crippen LogP contribution in [0.5, 0.6) is 5.75 Å². The summed E-state index contributed by atoms with van der Waals surface area (Å²) in [7, 11) is 1.58. The molecular weight excluding hydrogens is 340 g/mol. The lowest BCUT2D eigenvalue weighted by molar-refractivity contribution is -0.141. The summed E-state index contributed by atoms with van der Waals surface area (Å²) in [6.45, 7) is 5.64. The van der Waals surface area contributed by atoms with Crippen molar-refractivity contribution in [3.05, 3.63) is 35.3 Å². The average molecular weight is 362 g/mol. The molecule has 6 nitrogen and oxygen atoms in total. The van der Waals surface area contributed by atoms with Gasteiger partial charge >= 0.3 is 5.97 Å². The summed E-state index contributed by atoms with van der Waals surface area (Å²) >= 11 is 1.38. The summed E-state index contributed by atoms with van der Waals surface area (Å²) in [5.41, 5.74) is 1.23. The summed E-state index contributed by atoms with van der Waals surface area (Å²) in [5.74, 6) is -1.05. The van der Waals surface area contributed by atoms with E-state index in [2.05, 4.69) is 4.98 Å². The van der Waals surface area contributed by atoms with Crippen LogP contribution in [-0.4, -0.2) is 46.6 Å². The molecule has 1 aromatic heterocycles. The Labute approximate surface area is 151 Å². The number of thiazole rings is 1. The smallest absolute Gasteiger partial charge is 0.308 e. The predicted octanol–water partition coefficient (Wildman–Crippen LogP) is 3.39. The number of carboxylic acid groups (broad SMARTS) is 1. The summed E-state index contributed by atoms with van der Waals surface area (Å²) in [6, 6.07) is 7.56. The summed E-state index contributed by atoms with van der Waals surface area (Å²) in [6.07, 6.45) is 0.110. The molecule has 0 saturated heterocycles. The van der Waals surface area contributed by atoms with Crippen LogP contribution in [0.4, 0.5) is 0 Å². The lowest BCUT2D eigenvalue weighted by Crippen LogP contribution is -2.33. The van der Waals surface area contributed by atoms with E-state index >= 15 is 0 Å². The molecule has 134 valence electrons. The Balaban J connectivity index is 2.08. The minimum Gasteiger partial charge on any atom is -0.491 e. The van der Waals surface area contributed by atoms with Gasteiger partial charge in [-0.05, 0) is 38.1 Å². The van der Waals surface area contributed by atoms with Gasteiger partial charge < -0.3 is 14.7 Å². The number of nitrogens with zero attached hydrogens (tertiary/aromatic N) is 2. The molecule has 2 aromatic rings. The van der Waals surface area contributed by atoms with Crippen LogP contribution in [0.1, 0.15) is 31.3 Å². The van der Waals surface area contributed by atoms with Crippen LogP contribution in [0.2, 0.25) is 0 Å². The van der Waals surface area contributed by atoms with Gasteiger partial charge in [0.15, 0.2) is 0 Å². The van der Waals surface area contributed by atoms with Gasteiger partial charge in [0.1, 0.15) is 16.5 Å². The molecule has 0 aliphatic rings. The Morgan fingerprint density at radius 3 is 2.44 bits per heavy atom. The summed E-state index contributed by atoms with van der Waals surface area (Å²) < 4.78 is 5.61.